The minimum atomic E-state index is 0.250. The maximum absolute atomic E-state index is 5.83. The molecule has 0 aliphatic carbocycles. The molecule has 4 nitrogen and oxygen atoms in total. The third-order valence-electron chi connectivity index (χ3n) is 1.67. The Morgan fingerprint density at radius 1 is 1.31 bits per heavy atom. The fourth-order valence-corrected chi connectivity index (χ4v) is 1.95. The van der Waals surface area contributed by atoms with Gasteiger partial charge >= 0.3 is 0 Å². The van der Waals surface area contributed by atoms with Gasteiger partial charge in [-0.25, -0.2) is 0 Å². The summed E-state index contributed by atoms with van der Waals surface area (Å²) in [5.74, 6) is 2.15. The van der Waals surface area contributed by atoms with Gasteiger partial charge in [0.2, 0.25) is 11.2 Å². The Hall–Kier alpha value is -0.550. The Kier molecular flexibility index (Phi) is 5.84. The summed E-state index contributed by atoms with van der Waals surface area (Å²) in [5, 5.41) is 4.04. The van der Waals surface area contributed by atoms with Crippen molar-refractivity contribution in [2.45, 2.75) is 32.3 Å². The molecule has 0 atom stereocenters. The van der Waals surface area contributed by atoms with E-state index in [1.807, 2.05) is 0 Å². The van der Waals surface area contributed by atoms with Crippen LogP contribution >= 0.6 is 23.4 Å². The Bertz CT molecular complexity index is 333. The fourth-order valence-electron chi connectivity index (χ4n) is 0.954. The number of hydrogen-bond donors (Lipinski definition) is 1. The van der Waals surface area contributed by atoms with Crippen LogP contribution in [0.1, 0.15) is 27.2 Å². The number of hydrogen-bond acceptors (Lipinski definition) is 5. The lowest BCUT2D eigenvalue weighted by Gasteiger charge is -2.06. The van der Waals surface area contributed by atoms with Gasteiger partial charge in [0.25, 0.3) is 0 Å². The molecule has 0 saturated heterocycles. The van der Waals surface area contributed by atoms with Crippen molar-refractivity contribution < 1.29 is 0 Å². The molecule has 1 N–H and O–H groups in total. The quantitative estimate of drug-likeness (QED) is 0.797. The van der Waals surface area contributed by atoms with Crippen LogP contribution in [0, 0.1) is 5.92 Å². The van der Waals surface area contributed by atoms with Crippen LogP contribution in [-0.2, 0) is 0 Å². The lowest BCUT2D eigenvalue weighted by Crippen LogP contribution is -2.06. The lowest BCUT2D eigenvalue weighted by molar-refractivity contribution is 0.747. The van der Waals surface area contributed by atoms with Gasteiger partial charge in [-0.05, 0) is 23.9 Å². The summed E-state index contributed by atoms with van der Waals surface area (Å²) < 4.78 is 0. The van der Waals surface area contributed by atoms with Gasteiger partial charge < -0.3 is 5.32 Å². The van der Waals surface area contributed by atoms with Gasteiger partial charge in [0.1, 0.15) is 0 Å². The zero-order valence-electron chi connectivity index (χ0n) is 9.83. The fraction of sp³-hybridized carbons (Fsp3) is 0.700. The van der Waals surface area contributed by atoms with Crippen LogP contribution in [0.15, 0.2) is 5.16 Å². The summed E-state index contributed by atoms with van der Waals surface area (Å²) in [5.41, 5.74) is 0. The minimum absolute atomic E-state index is 0.250. The highest BCUT2D eigenvalue weighted by Gasteiger charge is 2.06. The molecular formula is C10H17ClN4S. The molecule has 0 radical (unpaired) electrons. The predicted octanol–water partition coefficient (Wildman–Crippen LogP) is 3.10. The largest absolute Gasteiger partial charge is 0.354 e. The number of anilines is 1. The molecule has 0 saturated carbocycles. The zero-order chi connectivity index (χ0) is 12.0. The molecule has 1 aromatic rings. The van der Waals surface area contributed by atoms with Crippen LogP contribution < -0.4 is 5.32 Å². The van der Waals surface area contributed by atoms with E-state index in [1.165, 1.54) is 0 Å². The molecule has 1 aromatic heterocycles. The summed E-state index contributed by atoms with van der Waals surface area (Å²) in [7, 11) is 0. The van der Waals surface area contributed by atoms with Crippen molar-refractivity contribution in [1.82, 2.24) is 15.0 Å². The van der Waals surface area contributed by atoms with Crippen LogP contribution in [0.4, 0.5) is 5.95 Å². The Labute approximate surface area is 106 Å². The summed E-state index contributed by atoms with van der Waals surface area (Å²) in [6.45, 7) is 7.25. The van der Waals surface area contributed by atoms with Gasteiger partial charge in [-0.1, -0.05) is 32.5 Å². The van der Waals surface area contributed by atoms with Crippen molar-refractivity contribution in [3.63, 3.8) is 0 Å². The number of aromatic nitrogens is 3. The average molecular weight is 261 g/mol. The van der Waals surface area contributed by atoms with E-state index >= 15 is 0 Å². The van der Waals surface area contributed by atoms with E-state index in [1.54, 1.807) is 11.8 Å². The van der Waals surface area contributed by atoms with Crippen molar-refractivity contribution in [2.24, 2.45) is 5.92 Å². The maximum Gasteiger partial charge on any atom is 0.228 e. The molecule has 0 unspecified atom stereocenters. The second-order valence-corrected chi connectivity index (χ2v) is 5.17. The maximum atomic E-state index is 5.83. The van der Waals surface area contributed by atoms with Gasteiger partial charge in [0.05, 0.1) is 0 Å². The van der Waals surface area contributed by atoms with Crippen LogP contribution in [0.3, 0.4) is 0 Å². The summed E-state index contributed by atoms with van der Waals surface area (Å²) in [6, 6.07) is 0. The Balaban J connectivity index is 2.65. The van der Waals surface area contributed by atoms with E-state index in [0.29, 0.717) is 17.0 Å². The molecule has 6 heteroatoms. The standard InChI is InChI=1S/C10H17ClN4S/c1-4-5-12-9-13-8(11)14-10(15-9)16-6-7(2)3/h7H,4-6H2,1-3H3,(H,12,13,14,15). The van der Waals surface area contributed by atoms with Crippen molar-refractivity contribution in [1.29, 1.82) is 0 Å². The van der Waals surface area contributed by atoms with Gasteiger partial charge in [0, 0.05) is 12.3 Å². The molecule has 1 rings (SSSR count). The molecule has 0 aliphatic heterocycles. The Morgan fingerprint density at radius 3 is 2.69 bits per heavy atom. The molecule has 0 bridgehead atoms. The van der Waals surface area contributed by atoms with Gasteiger partial charge in [-0.2, -0.15) is 15.0 Å². The van der Waals surface area contributed by atoms with Crippen molar-refractivity contribution in [3.05, 3.63) is 5.28 Å². The lowest BCUT2D eigenvalue weighted by atomic mass is 10.3. The summed E-state index contributed by atoms with van der Waals surface area (Å²) in [6.07, 6.45) is 1.03. The monoisotopic (exact) mass is 260 g/mol. The number of nitrogens with one attached hydrogen (secondary N) is 1. The highest BCUT2D eigenvalue weighted by Crippen LogP contribution is 2.18. The number of halogens is 1. The van der Waals surface area contributed by atoms with Crippen LogP contribution in [0.25, 0.3) is 0 Å². The molecule has 90 valence electrons. The SMILES string of the molecule is CCCNc1nc(Cl)nc(SCC(C)C)n1. The molecule has 1 heterocycles. The van der Waals surface area contributed by atoms with Crippen molar-refractivity contribution in [2.75, 3.05) is 17.6 Å². The van der Waals surface area contributed by atoms with Crippen LogP contribution in [0.5, 0.6) is 0 Å². The Morgan fingerprint density at radius 2 is 2.06 bits per heavy atom. The minimum Gasteiger partial charge on any atom is -0.354 e. The number of nitrogens with zero attached hydrogens (tertiary/aromatic N) is 3. The smallest absolute Gasteiger partial charge is 0.228 e. The van der Waals surface area contributed by atoms with Gasteiger partial charge in [-0.15, -0.1) is 0 Å². The van der Waals surface area contributed by atoms with Gasteiger partial charge in [0.15, 0.2) is 5.16 Å². The van der Waals surface area contributed by atoms with Gasteiger partial charge in [-0.3, -0.25) is 0 Å². The third-order valence-corrected chi connectivity index (χ3v) is 3.11. The van der Waals surface area contributed by atoms with E-state index in [4.69, 9.17) is 11.6 Å². The van der Waals surface area contributed by atoms with E-state index in [-0.39, 0.29) is 5.28 Å². The first-order valence-electron chi connectivity index (χ1n) is 5.40. The first kappa shape index (κ1) is 13.5. The normalized spacial score (nSPS) is 10.8. The highest BCUT2D eigenvalue weighted by molar-refractivity contribution is 7.99. The van der Waals surface area contributed by atoms with E-state index in [0.717, 1.165) is 18.7 Å². The molecule has 0 fully saturated rings. The first-order valence-corrected chi connectivity index (χ1v) is 6.76. The third kappa shape index (κ3) is 4.99. The number of thioether (sulfide) groups is 1. The highest BCUT2D eigenvalue weighted by atomic mass is 35.5. The second kappa shape index (κ2) is 6.91. The molecule has 0 aliphatic rings. The molecule has 0 amide bonds. The zero-order valence-corrected chi connectivity index (χ0v) is 11.4. The van der Waals surface area contributed by atoms with E-state index in [2.05, 4.69) is 41.0 Å². The van der Waals surface area contributed by atoms with E-state index < -0.39 is 0 Å². The second-order valence-electron chi connectivity index (χ2n) is 3.84. The molecule has 0 spiro atoms. The summed E-state index contributed by atoms with van der Waals surface area (Å²) >= 11 is 7.43. The van der Waals surface area contributed by atoms with Crippen LogP contribution in [-0.4, -0.2) is 27.2 Å². The van der Waals surface area contributed by atoms with E-state index in [9.17, 15) is 0 Å². The average Bonchev–Trinajstić information content (AvgIpc) is 2.23. The van der Waals surface area contributed by atoms with Crippen molar-refractivity contribution >= 4 is 29.3 Å². The van der Waals surface area contributed by atoms with Crippen molar-refractivity contribution in [3.8, 4) is 0 Å². The first-order chi connectivity index (χ1) is 7.61. The predicted molar refractivity (Wildman–Crippen MR) is 69.2 cm³/mol. The topological polar surface area (TPSA) is 50.7 Å². The molecular weight excluding hydrogens is 244 g/mol. The number of rotatable bonds is 6. The molecule has 0 aromatic carbocycles. The molecule has 16 heavy (non-hydrogen) atoms. The summed E-state index contributed by atoms with van der Waals surface area (Å²) in [4.78, 5) is 12.4. The van der Waals surface area contributed by atoms with Crippen LogP contribution in [0.2, 0.25) is 5.28 Å².